The van der Waals surface area contributed by atoms with Gasteiger partial charge in [0.2, 0.25) is 0 Å². The molecule has 0 aliphatic rings. The van der Waals surface area contributed by atoms with E-state index in [4.69, 9.17) is 0 Å². The van der Waals surface area contributed by atoms with E-state index in [0.29, 0.717) is 5.56 Å². The largest absolute Gasteiger partial charge is 0.306 e. The first-order valence-corrected chi connectivity index (χ1v) is 7.94. The minimum Gasteiger partial charge on any atom is -0.306 e. The molecule has 1 atom stereocenters. The summed E-state index contributed by atoms with van der Waals surface area (Å²) in [7, 11) is 0. The second-order valence-corrected chi connectivity index (χ2v) is 6.19. The topological polar surface area (TPSA) is 12.0 Å². The van der Waals surface area contributed by atoms with Crippen LogP contribution in [0, 0.1) is 16.3 Å². The Kier molecular flexibility index (Phi) is 5.54. The third-order valence-corrected chi connectivity index (χ3v) is 4.05. The maximum atomic E-state index is 13.8. The molecule has 0 heterocycles. The molecule has 1 unspecified atom stereocenters. The summed E-state index contributed by atoms with van der Waals surface area (Å²) in [5.74, 6) is -0.142. The monoisotopic (exact) mass is 383 g/mol. The molecule has 0 aliphatic carbocycles. The zero-order valence-corrected chi connectivity index (χ0v) is 13.9. The van der Waals surface area contributed by atoms with Crippen molar-refractivity contribution in [3.05, 3.63) is 68.5 Å². The lowest BCUT2D eigenvalue weighted by Gasteiger charge is -2.20. The molecule has 2 rings (SSSR count). The van der Waals surface area contributed by atoms with Crippen LogP contribution < -0.4 is 5.32 Å². The number of rotatable bonds is 5. The average molecular weight is 383 g/mol. The van der Waals surface area contributed by atoms with Crippen LogP contribution in [0.1, 0.15) is 36.1 Å². The van der Waals surface area contributed by atoms with E-state index >= 15 is 0 Å². The maximum absolute atomic E-state index is 13.8. The fraction of sp³-hybridized carbons (Fsp3) is 0.294. The smallest absolute Gasteiger partial charge is 0.126 e. The van der Waals surface area contributed by atoms with Crippen LogP contribution in [0.25, 0.3) is 0 Å². The molecule has 0 fully saturated rings. The van der Waals surface area contributed by atoms with Gasteiger partial charge in [-0.3, -0.25) is 0 Å². The van der Waals surface area contributed by atoms with Gasteiger partial charge in [0.1, 0.15) is 5.82 Å². The molecule has 0 spiro atoms. The van der Waals surface area contributed by atoms with Crippen LogP contribution >= 0.6 is 22.6 Å². The van der Waals surface area contributed by atoms with E-state index in [9.17, 15) is 4.39 Å². The summed E-state index contributed by atoms with van der Waals surface area (Å²) >= 11 is 2.29. The van der Waals surface area contributed by atoms with Gasteiger partial charge in [-0.1, -0.05) is 31.2 Å². The Morgan fingerprint density at radius 3 is 2.35 bits per heavy atom. The van der Waals surface area contributed by atoms with Gasteiger partial charge in [0, 0.05) is 3.57 Å². The Labute approximate surface area is 133 Å². The summed E-state index contributed by atoms with van der Waals surface area (Å²) in [5, 5.41) is 3.50. The van der Waals surface area contributed by atoms with Gasteiger partial charge in [-0.15, -0.1) is 0 Å². The SMILES string of the molecule is CCCNC(c1ccc(I)cc1)c1ccc(C)c(F)c1. The molecule has 0 aromatic heterocycles. The van der Waals surface area contributed by atoms with Crippen molar-refractivity contribution >= 4 is 22.6 Å². The van der Waals surface area contributed by atoms with Gasteiger partial charge in [0.15, 0.2) is 0 Å². The minimum atomic E-state index is -0.142. The van der Waals surface area contributed by atoms with Crippen LogP contribution in [0.15, 0.2) is 42.5 Å². The van der Waals surface area contributed by atoms with E-state index in [1.807, 2.05) is 12.1 Å². The zero-order valence-electron chi connectivity index (χ0n) is 11.8. The van der Waals surface area contributed by atoms with Crippen molar-refractivity contribution in [2.45, 2.75) is 26.3 Å². The maximum Gasteiger partial charge on any atom is 0.126 e. The standard InChI is InChI=1S/C17H19FIN/c1-3-10-20-17(13-6-8-15(19)9-7-13)14-5-4-12(2)16(18)11-14/h4-9,11,17,20H,3,10H2,1-2H3. The minimum absolute atomic E-state index is 0.0436. The summed E-state index contributed by atoms with van der Waals surface area (Å²) in [6.45, 7) is 4.83. The first-order chi connectivity index (χ1) is 9.61. The second kappa shape index (κ2) is 7.18. The molecule has 0 saturated heterocycles. The van der Waals surface area contributed by atoms with Crippen LogP contribution in [0.5, 0.6) is 0 Å². The molecule has 2 aromatic rings. The fourth-order valence-corrected chi connectivity index (χ4v) is 2.52. The lowest BCUT2D eigenvalue weighted by Crippen LogP contribution is -2.23. The lowest BCUT2D eigenvalue weighted by molar-refractivity contribution is 0.582. The van der Waals surface area contributed by atoms with E-state index in [1.165, 1.54) is 9.13 Å². The molecule has 0 aliphatic heterocycles. The molecule has 2 aromatic carbocycles. The van der Waals surface area contributed by atoms with Crippen molar-refractivity contribution in [1.82, 2.24) is 5.32 Å². The molecule has 3 heteroatoms. The van der Waals surface area contributed by atoms with Crippen LogP contribution in [0.3, 0.4) is 0 Å². The summed E-state index contributed by atoms with van der Waals surface area (Å²) in [5.41, 5.74) is 2.83. The lowest BCUT2D eigenvalue weighted by atomic mass is 9.97. The average Bonchev–Trinajstić information content (AvgIpc) is 2.45. The summed E-state index contributed by atoms with van der Waals surface area (Å²) in [4.78, 5) is 0. The second-order valence-electron chi connectivity index (χ2n) is 4.95. The molecular weight excluding hydrogens is 364 g/mol. The first kappa shape index (κ1) is 15.4. The number of aryl methyl sites for hydroxylation is 1. The fourth-order valence-electron chi connectivity index (χ4n) is 2.16. The van der Waals surface area contributed by atoms with Gasteiger partial charge in [-0.25, -0.2) is 4.39 Å². The van der Waals surface area contributed by atoms with Crippen molar-refractivity contribution < 1.29 is 4.39 Å². The van der Waals surface area contributed by atoms with Gasteiger partial charge in [-0.2, -0.15) is 0 Å². The third-order valence-electron chi connectivity index (χ3n) is 3.33. The predicted molar refractivity (Wildman–Crippen MR) is 90.4 cm³/mol. The van der Waals surface area contributed by atoms with Crippen LogP contribution in [-0.4, -0.2) is 6.54 Å². The van der Waals surface area contributed by atoms with Gasteiger partial charge >= 0.3 is 0 Å². The molecule has 1 nitrogen and oxygen atoms in total. The summed E-state index contributed by atoms with van der Waals surface area (Å²) < 4.78 is 15.0. The Bertz CT molecular complexity index is 566. The summed E-state index contributed by atoms with van der Waals surface area (Å²) in [6, 6.07) is 13.9. The molecule has 0 amide bonds. The highest BCUT2D eigenvalue weighted by Gasteiger charge is 2.14. The number of nitrogens with one attached hydrogen (secondary N) is 1. The van der Waals surface area contributed by atoms with Crippen molar-refractivity contribution in [3.8, 4) is 0 Å². The van der Waals surface area contributed by atoms with E-state index in [2.05, 4.69) is 59.1 Å². The van der Waals surface area contributed by atoms with Crippen LogP contribution in [-0.2, 0) is 0 Å². The Morgan fingerprint density at radius 2 is 1.75 bits per heavy atom. The molecular formula is C17H19FIN. The van der Waals surface area contributed by atoms with Gasteiger partial charge in [-0.05, 0) is 77.4 Å². The number of benzene rings is 2. The Hall–Kier alpha value is -0.940. The summed E-state index contributed by atoms with van der Waals surface area (Å²) in [6.07, 6.45) is 1.05. The van der Waals surface area contributed by atoms with Crippen molar-refractivity contribution in [3.63, 3.8) is 0 Å². The predicted octanol–water partition coefficient (Wildman–Crippen LogP) is 4.83. The molecule has 1 N–H and O–H groups in total. The van der Waals surface area contributed by atoms with Gasteiger partial charge in [0.05, 0.1) is 6.04 Å². The van der Waals surface area contributed by atoms with Crippen LogP contribution in [0.2, 0.25) is 0 Å². The molecule has 20 heavy (non-hydrogen) atoms. The number of hydrogen-bond acceptors (Lipinski definition) is 1. The first-order valence-electron chi connectivity index (χ1n) is 6.86. The zero-order chi connectivity index (χ0) is 14.5. The molecule has 0 bridgehead atoms. The molecule has 0 radical (unpaired) electrons. The quantitative estimate of drug-likeness (QED) is 0.730. The van der Waals surface area contributed by atoms with E-state index < -0.39 is 0 Å². The Balaban J connectivity index is 2.35. The van der Waals surface area contributed by atoms with E-state index in [0.717, 1.165) is 18.5 Å². The van der Waals surface area contributed by atoms with Gasteiger partial charge in [0.25, 0.3) is 0 Å². The third kappa shape index (κ3) is 3.79. The normalized spacial score (nSPS) is 12.4. The number of halogens is 2. The van der Waals surface area contributed by atoms with Gasteiger partial charge < -0.3 is 5.32 Å². The highest BCUT2D eigenvalue weighted by molar-refractivity contribution is 14.1. The van der Waals surface area contributed by atoms with E-state index in [1.54, 1.807) is 13.0 Å². The van der Waals surface area contributed by atoms with Crippen molar-refractivity contribution in [2.75, 3.05) is 6.54 Å². The molecule has 106 valence electrons. The highest BCUT2D eigenvalue weighted by Crippen LogP contribution is 2.24. The molecule has 0 saturated carbocycles. The highest BCUT2D eigenvalue weighted by atomic mass is 127. The number of hydrogen-bond donors (Lipinski definition) is 1. The van der Waals surface area contributed by atoms with Crippen molar-refractivity contribution in [2.24, 2.45) is 0 Å². The van der Waals surface area contributed by atoms with Crippen LogP contribution in [0.4, 0.5) is 4.39 Å². The Morgan fingerprint density at radius 1 is 1.10 bits per heavy atom. The van der Waals surface area contributed by atoms with Crippen molar-refractivity contribution in [1.29, 1.82) is 0 Å². The van der Waals surface area contributed by atoms with E-state index in [-0.39, 0.29) is 11.9 Å².